The summed E-state index contributed by atoms with van der Waals surface area (Å²) in [5, 5.41) is 8.77. The normalized spacial score (nSPS) is 27.3. The molecule has 0 spiro atoms. The molecule has 1 rings (SSSR count). The van der Waals surface area contributed by atoms with E-state index in [4.69, 9.17) is 5.26 Å². The standard InChI is InChI=1S/C13H24N2/c1-12(2,3)15-10-11(7-9-14)6-8-13(15,4)5/h11H,6-8,10H2,1-5H3. The molecule has 0 N–H and O–H groups in total. The summed E-state index contributed by atoms with van der Waals surface area (Å²) in [5.41, 5.74) is 0.488. The SMILES string of the molecule is CC(C)(C)N1CC(CC#N)CCC1(C)C. The van der Waals surface area contributed by atoms with E-state index in [1.54, 1.807) is 0 Å². The van der Waals surface area contributed by atoms with Gasteiger partial charge in [-0.3, -0.25) is 4.90 Å². The zero-order valence-electron chi connectivity index (χ0n) is 10.8. The Morgan fingerprint density at radius 2 is 2.00 bits per heavy atom. The van der Waals surface area contributed by atoms with E-state index in [1.165, 1.54) is 12.8 Å². The van der Waals surface area contributed by atoms with Gasteiger partial charge in [0.25, 0.3) is 0 Å². The van der Waals surface area contributed by atoms with Crippen molar-refractivity contribution >= 4 is 0 Å². The molecular weight excluding hydrogens is 184 g/mol. The van der Waals surface area contributed by atoms with Crippen molar-refractivity contribution in [3.63, 3.8) is 0 Å². The summed E-state index contributed by atoms with van der Waals surface area (Å²) in [4.78, 5) is 2.56. The summed E-state index contributed by atoms with van der Waals surface area (Å²) in [6.45, 7) is 12.5. The van der Waals surface area contributed by atoms with Crippen LogP contribution >= 0.6 is 0 Å². The molecule has 15 heavy (non-hydrogen) atoms. The third-order valence-electron chi connectivity index (χ3n) is 3.53. The van der Waals surface area contributed by atoms with Crippen LogP contribution in [-0.4, -0.2) is 22.5 Å². The van der Waals surface area contributed by atoms with Crippen LogP contribution in [0.2, 0.25) is 0 Å². The van der Waals surface area contributed by atoms with E-state index in [1.807, 2.05) is 0 Å². The van der Waals surface area contributed by atoms with Crippen LogP contribution in [0.25, 0.3) is 0 Å². The Morgan fingerprint density at radius 3 is 2.47 bits per heavy atom. The maximum atomic E-state index is 8.77. The Balaban J connectivity index is 2.76. The second-order valence-corrected chi connectivity index (χ2v) is 6.36. The van der Waals surface area contributed by atoms with E-state index in [0.29, 0.717) is 12.3 Å². The summed E-state index contributed by atoms with van der Waals surface area (Å²) in [7, 11) is 0. The first kappa shape index (κ1) is 12.5. The average molecular weight is 208 g/mol. The van der Waals surface area contributed by atoms with Gasteiger partial charge in [-0.15, -0.1) is 0 Å². The molecule has 1 fully saturated rings. The van der Waals surface area contributed by atoms with Crippen molar-refractivity contribution in [2.24, 2.45) is 5.92 Å². The summed E-state index contributed by atoms with van der Waals surface area (Å²) in [6.07, 6.45) is 3.12. The van der Waals surface area contributed by atoms with Gasteiger partial charge in [-0.05, 0) is 53.4 Å². The van der Waals surface area contributed by atoms with Crippen molar-refractivity contribution in [2.45, 2.75) is 65.0 Å². The van der Waals surface area contributed by atoms with Crippen molar-refractivity contribution in [1.29, 1.82) is 5.26 Å². The van der Waals surface area contributed by atoms with Gasteiger partial charge in [-0.2, -0.15) is 5.26 Å². The van der Waals surface area contributed by atoms with Gasteiger partial charge in [0.15, 0.2) is 0 Å². The molecule has 0 aromatic heterocycles. The van der Waals surface area contributed by atoms with Gasteiger partial charge < -0.3 is 0 Å². The third kappa shape index (κ3) is 2.95. The highest BCUT2D eigenvalue weighted by molar-refractivity contribution is 4.96. The molecule has 1 aliphatic rings. The first-order valence-corrected chi connectivity index (χ1v) is 5.92. The van der Waals surface area contributed by atoms with Gasteiger partial charge >= 0.3 is 0 Å². The predicted molar refractivity (Wildman–Crippen MR) is 63.5 cm³/mol. The van der Waals surface area contributed by atoms with E-state index >= 15 is 0 Å². The van der Waals surface area contributed by atoms with E-state index < -0.39 is 0 Å². The summed E-state index contributed by atoms with van der Waals surface area (Å²) in [6, 6.07) is 2.31. The average Bonchev–Trinajstić information content (AvgIpc) is 2.06. The predicted octanol–water partition coefficient (Wildman–Crippen LogP) is 3.19. The van der Waals surface area contributed by atoms with E-state index in [2.05, 4.69) is 45.6 Å². The van der Waals surface area contributed by atoms with Gasteiger partial charge in [0, 0.05) is 24.0 Å². The number of nitriles is 1. The Labute approximate surface area is 94.3 Å². The van der Waals surface area contributed by atoms with Crippen molar-refractivity contribution < 1.29 is 0 Å². The molecular formula is C13H24N2. The fourth-order valence-corrected chi connectivity index (χ4v) is 2.77. The zero-order valence-corrected chi connectivity index (χ0v) is 10.8. The maximum absolute atomic E-state index is 8.77. The molecule has 2 heteroatoms. The van der Waals surface area contributed by atoms with Crippen LogP contribution in [0.3, 0.4) is 0 Å². The number of nitrogens with zero attached hydrogens (tertiary/aromatic N) is 2. The van der Waals surface area contributed by atoms with Crippen LogP contribution in [-0.2, 0) is 0 Å². The van der Waals surface area contributed by atoms with Crippen LogP contribution in [0.4, 0.5) is 0 Å². The quantitative estimate of drug-likeness (QED) is 0.661. The Morgan fingerprint density at radius 1 is 1.40 bits per heavy atom. The van der Waals surface area contributed by atoms with Crippen LogP contribution in [0, 0.1) is 17.2 Å². The molecule has 1 heterocycles. The Bertz CT molecular complexity index is 255. The molecule has 0 aromatic carbocycles. The minimum Gasteiger partial charge on any atom is -0.293 e. The largest absolute Gasteiger partial charge is 0.293 e. The molecule has 0 bridgehead atoms. The van der Waals surface area contributed by atoms with Gasteiger partial charge in [-0.25, -0.2) is 0 Å². The lowest BCUT2D eigenvalue weighted by Gasteiger charge is -2.52. The molecule has 0 amide bonds. The van der Waals surface area contributed by atoms with Crippen molar-refractivity contribution in [3.05, 3.63) is 0 Å². The van der Waals surface area contributed by atoms with Crippen molar-refractivity contribution in [2.75, 3.05) is 6.54 Å². The smallest absolute Gasteiger partial charge is 0.0625 e. The lowest BCUT2D eigenvalue weighted by atomic mass is 9.80. The molecule has 0 radical (unpaired) electrons. The first-order chi connectivity index (χ1) is 6.77. The Kier molecular flexibility index (Phi) is 3.45. The first-order valence-electron chi connectivity index (χ1n) is 5.92. The monoisotopic (exact) mass is 208 g/mol. The van der Waals surface area contributed by atoms with Gasteiger partial charge in [0.05, 0.1) is 6.07 Å². The molecule has 1 unspecified atom stereocenters. The molecule has 0 saturated carbocycles. The van der Waals surface area contributed by atoms with Gasteiger partial charge in [-0.1, -0.05) is 0 Å². The molecule has 1 atom stereocenters. The molecule has 86 valence electrons. The van der Waals surface area contributed by atoms with Crippen LogP contribution < -0.4 is 0 Å². The Hall–Kier alpha value is -0.550. The van der Waals surface area contributed by atoms with Crippen LogP contribution in [0.1, 0.15) is 53.9 Å². The highest BCUT2D eigenvalue weighted by Crippen LogP contribution is 2.36. The van der Waals surface area contributed by atoms with Crippen molar-refractivity contribution in [3.8, 4) is 6.07 Å². The second-order valence-electron chi connectivity index (χ2n) is 6.36. The molecule has 0 aliphatic carbocycles. The molecule has 2 nitrogen and oxygen atoms in total. The molecule has 1 saturated heterocycles. The molecule has 0 aromatic rings. The fraction of sp³-hybridized carbons (Fsp3) is 0.923. The van der Waals surface area contributed by atoms with E-state index in [0.717, 1.165) is 6.54 Å². The van der Waals surface area contributed by atoms with E-state index in [-0.39, 0.29) is 11.1 Å². The number of hydrogen-bond acceptors (Lipinski definition) is 2. The van der Waals surface area contributed by atoms with Crippen molar-refractivity contribution in [1.82, 2.24) is 4.90 Å². The molecule has 1 aliphatic heterocycles. The number of piperidine rings is 1. The minimum absolute atomic E-state index is 0.206. The lowest BCUT2D eigenvalue weighted by Crippen LogP contribution is -2.58. The third-order valence-corrected chi connectivity index (χ3v) is 3.53. The van der Waals surface area contributed by atoms with Gasteiger partial charge in [0.2, 0.25) is 0 Å². The number of hydrogen-bond donors (Lipinski definition) is 0. The minimum atomic E-state index is 0.206. The summed E-state index contributed by atoms with van der Waals surface area (Å²) < 4.78 is 0. The maximum Gasteiger partial charge on any atom is 0.0625 e. The topological polar surface area (TPSA) is 27.0 Å². The number of rotatable bonds is 1. The second kappa shape index (κ2) is 4.14. The highest BCUT2D eigenvalue weighted by atomic mass is 15.2. The number of likely N-dealkylation sites (tertiary alicyclic amines) is 1. The summed E-state index contributed by atoms with van der Waals surface area (Å²) >= 11 is 0. The van der Waals surface area contributed by atoms with E-state index in [9.17, 15) is 0 Å². The van der Waals surface area contributed by atoms with Crippen LogP contribution in [0.15, 0.2) is 0 Å². The lowest BCUT2D eigenvalue weighted by molar-refractivity contribution is -0.0244. The summed E-state index contributed by atoms with van der Waals surface area (Å²) in [5.74, 6) is 0.572. The highest BCUT2D eigenvalue weighted by Gasteiger charge is 2.39. The zero-order chi connectivity index (χ0) is 11.7. The van der Waals surface area contributed by atoms with Crippen LogP contribution in [0.5, 0.6) is 0 Å². The fourth-order valence-electron chi connectivity index (χ4n) is 2.77. The van der Waals surface area contributed by atoms with Gasteiger partial charge in [0.1, 0.15) is 0 Å².